The average Bonchev–Trinajstić information content (AvgIpc) is 3.26. The van der Waals surface area contributed by atoms with Crippen LogP contribution in [0.25, 0.3) is 0 Å². The highest BCUT2D eigenvalue weighted by Crippen LogP contribution is 2.56. The predicted octanol–water partition coefficient (Wildman–Crippen LogP) is 8.11. The van der Waals surface area contributed by atoms with Gasteiger partial charge in [-0.15, -0.1) is 0 Å². The third-order valence-corrected chi connectivity index (χ3v) is 8.13. The zero-order chi connectivity index (χ0) is 26.3. The molecule has 0 aromatic heterocycles. The van der Waals surface area contributed by atoms with E-state index in [0.29, 0.717) is 35.3 Å². The molecule has 0 amide bonds. The fourth-order valence-electron chi connectivity index (χ4n) is 6.05. The summed E-state index contributed by atoms with van der Waals surface area (Å²) in [4.78, 5) is 13.3. The highest BCUT2D eigenvalue weighted by Gasteiger charge is 2.56. The molecule has 2 aliphatic rings. The lowest BCUT2D eigenvalue weighted by atomic mass is 9.76. The van der Waals surface area contributed by atoms with Crippen molar-refractivity contribution in [3.8, 4) is 11.5 Å². The van der Waals surface area contributed by atoms with Gasteiger partial charge in [-0.25, -0.2) is 0 Å². The minimum atomic E-state index is -1.17. The summed E-state index contributed by atoms with van der Waals surface area (Å²) in [6.45, 7) is 4.63. The predicted molar refractivity (Wildman–Crippen MR) is 146 cm³/mol. The first-order valence-electron chi connectivity index (χ1n) is 14.5. The van der Waals surface area contributed by atoms with Crippen molar-refractivity contribution in [3.05, 3.63) is 58.7 Å². The van der Waals surface area contributed by atoms with Crippen molar-refractivity contribution in [2.24, 2.45) is 5.92 Å². The molecule has 5 heteroatoms. The quantitative estimate of drug-likeness (QED) is 0.199. The molecule has 2 aromatic carbocycles. The number of Topliss-reactive ketones (excluding diaryl/α,β-unsaturated/α-hetero) is 1. The number of hydrogen-bond acceptors (Lipinski definition) is 5. The molecular formula is C32H44O5. The van der Waals surface area contributed by atoms with Crippen LogP contribution >= 0.6 is 0 Å². The van der Waals surface area contributed by atoms with Crippen LogP contribution in [-0.2, 0) is 17.1 Å². The molecule has 37 heavy (non-hydrogen) atoms. The smallest absolute Gasteiger partial charge is 0.243 e. The summed E-state index contributed by atoms with van der Waals surface area (Å²) in [5.41, 5.74) is 2.65. The minimum absolute atomic E-state index is 0.0676. The van der Waals surface area contributed by atoms with Gasteiger partial charge < -0.3 is 19.7 Å². The Kier molecular flexibility index (Phi) is 9.66. The number of aliphatic hydroxyl groups excluding tert-OH is 1. The van der Waals surface area contributed by atoms with E-state index >= 15 is 0 Å². The van der Waals surface area contributed by atoms with E-state index in [9.17, 15) is 15.0 Å². The molecule has 2 N–H and O–H groups in total. The maximum atomic E-state index is 13.3. The van der Waals surface area contributed by atoms with E-state index < -0.39 is 11.9 Å². The van der Waals surface area contributed by atoms with Crippen molar-refractivity contribution < 1.29 is 24.5 Å². The molecule has 5 nitrogen and oxygen atoms in total. The molecule has 0 bridgehead atoms. The average molecular weight is 509 g/mol. The first kappa shape index (κ1) is 27.7. The number of aromatic hydroxyl groups is 1. The van der Waals surface area contributed by atoms with E-state index in [1.54, 1.807) is 12.1 Å². The first-order valence-corrected chi connectivity index (χ1v) is 14.5. The molecule has 2 aliphatic heterocycles. The highest BCUT2D eigenvalue weighted by atomic mass is 16.7. The number of phenolic OH excluding ortho intramolecular Hbond substituents is 1. The molecule has 0 fully saturated rings. The van der Waals surface area contributed by atoms with Crippen LogP contribution in [0, 0.1) is 5.92 Å². The SMILES string of the molecule is CCCCCCCCC(=O)c1cccc2c1[C@H](O)[C@H](CCCCCCC)[C@]1(OCc3c(O)cccc31)O2. The normalized spacial score (nSPS) is 22.0. The number of phenols is 1. The third kappa shape index (κ3) is 5.88. The Labute approximate surface area is 222 Å². The second-order valence-corrected chi connectivity index (χ2v) is 10.8. The van der Waals surface area contributed by atoms with Gasteiger partial charge in [-0.1, -0.05) is 102 Å². The minimum Gasteiger partial charge on any atom is -0.508 e. The number of ketones is 1. The van der Waals surface area contributed by atoms with E-state index in [2.05, 4.69) is 13.8 Å². The lowest BCUT2D eigenvalue weighted by Crippen LogP contribution is -2.47. The zero-order valence-electron chi connectivity index (χ0n) is 22.6. The summed E-state index contributed by atoms with van der Waals surface area (Å²) in [5, 5.41) is 22.4. The van der Waals surface area contributed by atoms with Crippen LogP contribution in [0.1, 0.15) is 130 Å². The molecule has 4 rings (SSSR count). The van der Waals surface area contributed by atoms with Crippen LogP contribution in [0.5, 0.6) is 11.5 Å². The maximum absolute atomic E-state index is 13.3. The number of fused-ring (bicyclic) bond motifs is 3. The molecule has 1 spiro atoms. The number of hydrogen-bond donors (Lipinski definition) is 2. The van der Waals surface area contributed by atoms with Crippen LogP contribution < -0.4 is 4.74 Å². The van der Waals surface area contributed by atoms with Crippen molar-refractivity contribution in [2.45, 2.75) is 116 Å². The second kappa shape index (κ2) is 12.9. The van der Waals surface area contributed by atoms with Crippen molar-refractivity contribution in [1.29, 1.82) is 0 Å². The van der Waals surface area contributed by atoms with E-state index in [1.807, 2.05) is 24.3 Å². The molecule has 0 radical (unpaired) electrons. The van der Waals surface area contributed by atoms with Crippen LogP contribution in [-0.4, -0.2) is 16.0 Å². The van der Waals surface area contributed by atoms with Gasteiger partial charge in [0.2, 0.25) is 5.79 Å². The van der Waals surface area contributed by atoms with E-state index in [-0.39, 0.29) is 24.1 Å². The van der Waals surface area contributed by atoms with E-state index in [1.165, 1.54) is 32.1 Å². The van der Waals surface area contributed by atoms with Gasteiger partial charge >= 0.3 is 0 Å². The lowest BCUT2D eigenvalue weighted by Gasteiger charge is -2.45. The van der Waals surface area contributed by atoms with Crippen molar-refractivity contribution in [2.75, 3.05) is 0 Å². The van der Waals surface area contributed by atoms with Gasteiger partial charge in [0.15, 0.2) is 5.78 Å². The van der Waals surface area contributed by atoms with Gasteiger partial charge in [0, 0.05) is 28.7 Å². The fraction of sp³-hybridized carbons (Fsp3) is 0.594. The summed E-state index contributed by atoms with van der Waals surface area (Å²) in [7, 11) is 0. The summed E-state index contributed by atoms with van der Waals surface area (Å²) in [6, 6.07) is 10.9. The Balaban J connectivity index is 1.60. The van der Waals surface area contributed by atoms with Gasteiger partial charge in [-0.2, -0.15) is 0 Å². The molecule has 0 saturated heterocycles. The number of carbonyl (C=O) groups excluding carboxylic acids is 1. The molecule has 202 valence electrons. The van der Waals surface area contributed by atoms with Crippen LogP contribution in [0.15, 0.2) is 36.4 Å². The molecule has 3 atom stereocenters. The summed E-state index contributed by atoms with van der Waals surface area (Å²) >= 11 is 0. The van der Waals surface area contributed by atoms with Crippen molar-refractivity contribution in [3.63, 3.8) is 0 Å². The summed E-state index contributed by atoms with van der Waals surface area (Å²) in [5.74, 6) is -0.806. The lowest BCUT2D eigenvalue weighted by molar-refractivity contribution is -0.251. The van der Waals surface area contributed by atoms with Gasteiger partial charge in [0.25, 0.3) is 0 Å². The van der Waals surface area contributed by atoms with Gasteiger partial charge in [-0.3, -0.25) is 4.79 Å². The Morgan fingerprint density at radius 2 is 1.59 bits per heavy atom. The van der Waals surface area contributed by atoms with Gasteiger partial charge in [0.05, 0.1) is 18.6 Å². The topological polar surface area (TPSA) is 76.0 Å². The first-order chi connectivity index (χ1) is 18.0. The van der Waals surface area contributed by atoms with Crippen molar-refractivity contribution >= 4 is 5.78 Å². The summed E-state index contributed by atoms with van der Waals surface area (Å²) < 4.78 is 13.0. The van der Waals surface area contributed by atoms with Crippen LogP contribution in [0.3, 0.4) is 0 Å². The van der Waals surface area contributed by atoms with Gasteiger partial charge in [0.1, 0.15) is 11.5 Å². The third-order valence-electron chi connectivity index (χ3n) is 8.13. The van der Waals surface area contributed by atoms with Gasteiger partial charge in [-0.05, 0) is 25.0 Å². The van der Waals surface area contributed by atoms with Crippen molar-refractivity contribution in [1.82, 2.24) is 0 Å². The molecule has 0 aliphatic carbocycles. The standard InChI is InChI=1S/C32H44O5/c1-3-5-7-9-11-13-19-27(33)23-16-14-21-29-30(23)31(35)26(17-12-10-8-6-4-2)32(37-29)25-18-15-20-28(34)24(25)22-36-32/h14-16,18,20-21,26,31,34-35H,3-13,17,19,22H2,1-2H3/t26-,31+,32+/m0/s1. The Morgan fingerprint density at radius 1 is 0.919 bits per heavy atom. The number of unbranched alkanes of at least 4 members (excludes halogenated alkanes) is 9. The molecular weight excluding hydrogens is 464 g/mol. The number of rotatable bonds is 14. The molecule has 2 aromatic rings. The number of benzene rings is 2. The monoisotopic (exact) mass is 508 g/mol. The van der Waals surface area contributed by atoms with E-state index in [0.717, 1.165) is 44.1 Å². The second-order valence-electron chi connectivity index (χ2n) is 10.8. The Hall–Kier alpha value is -2.37. The highest BCUT2D eigenvalue weighted by molar-refractivity contribution is 5.98. The van der Waals surface area contributed by atoms with Crippen LogP contribution in [0.2, 0.25) is 0 Å². The Morgan fingerprint density at radius 3 is 2.35 bits per heavy atom. The number of aliphatic hydroxyl groups is 1. The maximum Gasteiger partial charge on any atom is 0.243 e. The van der Waals surface area contributed by atoms with Crippen LogP contribution in [0.4, 0.5) is 0 Å². The Bertz CT molecular complexity index is 1050. The molecule has 2 heterocycles. The number of ether oxygens (including phenoxy) is 2. The molecule has 0 saturated carbocycles. The number of carbonyl (C=O) groups is 1. The van der Waals surface area contributed by atoms with E-state index in [4.69, 9.17) is 9.47 Å². The molecule has 0 unspecified atom stereocenters. The zero-order valence-corrected chi connectivity index (χ0v) is 22.6. The summed E-state index contributed by atoms with van der Waals surface area (Å²) in [6.07, 6.45) is 12.6. The largest absolute Gasteiger partial charge is 0.508 e. The fourth-order valence-corrected chi connectivity index (χ4v) is 6.05.